The van der Waals surface area contributed by atoms with Crippen molar-refractivity contribution < 1.29 is 14.3 Å². The second kappa shape index (κ2) is 6.75. The molecule has 1 aromatic heterocycles. The van der Waals surface area contributed by atoms with Gasteiger partial charge in [0.05, 0.1) is 49.1 Å². The lowest BCUT2D eigenvalue weighted by Crippen LogP contribution is -2.39. The quantitative estimate of drug-likeness (QED) is 0.911. The summed E-state index contributed by atoms with van der Waals surface area (Å²) in [7, 11) is 0. The van der Waals surface area contributed by atoms with Crippen LogP contribution < -0.4 is 5.32 Å². The lowest BCUT2D eigenvalue weighted by molar-refractivity contribution is -0.0855. The average molecular weight is 327 g/mol. The van der Waals surface area contributed by atoms with Gasteiger partial charge in [-0.2, -0.15) is 5.10 Å². The highest BCUT2D eigenvalue weighted by Gasteiger charge is 2.33. The number of carbonyl (C=O) groups is 1. The van der Waals surface area contributed by atoms with Crippen LogP contribution in [0.15, 0.2) is 36.5 Å². The predicted octanol–water partition coefficient (Wildman–Crippen LogP) is 1.89. The Balaban J connectivity index is 1.52. The van der Waals surface area contributed by atoms with E-state index in [1.165, 1.54) is 0 Å². The molecule has 1 amide bonds. The molecule has 0 spiro atoms. The molecule has 1 saturated heterocycles. The van der Waals surface area contributed by atoms with E-state index in [9.17, 15) is 4.79 Å². The van der Waals surface area contributed by atoms with Crippen LogP contribution in [0.5, 0.6) is 0 Å². The van der Waals surface area contributed by atoms with Crippen molar-refractivity contribution in [1.29, 1.82) is 0 Å². The number of aromatic nitrogens is 2. The van der Waals surface area contributed by atoms with Gasteiger partial charge in [0.15, 0.2) is 0 Å². The summed E-state index contributed by atoms with van der Waals surface area (Å²) in [5.74, 6) is 0.330. The van der Waals surface area contributed by atoms with Crippen LogP contribution in [-0.2, 0) is 9.47 Å². The summed E-state index contributed by atoms with van der Waals surface area (Å²) in [4.78, 5) is 12.6. The van der Waals surface area contributed by atoms with Crippen molar-refractivity contribution >= 4 is 5.91 Å². The summed E-state index contributed by atoms with van der Waals surface area (Å²) in [5.41, 5.74) is 2.67. The first-order valence-corrected chi connectivity index (χ1v) is 8.44. The molecule has 1 aliphatic heterocycles. The van der Waals surface area contributed by atoms with Gasteiger partial charge in [0, 0.05) is 12.5 Å². The molecule has 1 atom stereocenters. The molecule has 6 heteroatoms. The van der Waals surface area contributed by atoms with E-state index < -0.39 is 0 Å². The summed E-state index contributed by atoms with van der Waals surface area (Å²) < 4.78 is 12.8. The third kappa shape index (κ3) is 3.20. The van der Waals surface area contributed by atoms with Gasteiger partial charge in [0.25, 0.3) is 5.91 Å². The SMILES string of the molecule is O=C(NCC1COCCO1)c1cnn(-c2ccccc2)c1C1CC1. The van der Waals surface area contributed by atoms with Gasteiger partial charge in [0.1, 0.15) is 0 Å². The molecular weight excluding hydrogens is 306 g/mol. The van der Waals surface area contributed by atoms with E-state index in [1.54, 1.807) is 6.20 Å². The largest absolute Gasteiger partial charge is 0.376 e. The fourth-order valence-electron chi connectivity index (χ4n) is 3.01. The maximum absolute atomic E-state index is 12.6. The van der Waals surface area contributed by atoms with Crippen molar-refractivity contribution in [3.8, 4) is 5.69 Å². The Labute approximate surface area is 140 Å². The van der Waals surface area contributed by atoms with Crippen molar-refractivity contribution in [1.82, 2.24) is 15.1 Å². The van der Waals surface area contributed by atoms with Crippen molar-refractivity contribution in [2.24, 2.45) is 0 Å². The van der Waals surface area contributed by atoms with E-state index in [4.69, 9.17) is 9.47 Å². The fraction of sp³-hybridized carbons (Fsp3) is 0.444. The number of hydrogen-bond acceptors (Lipinski definition) is 4. The molecule has 1 unspecified atom stereocenters. The second-order valence-electron chi connectivity index (χ2n) is 6.24. The number of para-hydroxylation sites is 1. The van der Waals surface area contributed by atoms with Crippen LogP contribution in [0.2, 0.25) is 0 Å². The van der Waals surface area contributed by atoms with Crippen LogP contribution in [0, 0.1) is 0 Å². The van der Waals surface area contributed by atoms with E-state index in [0.717, 1.165) is 24.2 Å². The van der Waals surface area contributed by atoms with E-state index in [1.807, 2.05) is 35.0 Å². The smallest absolute Gasteiger partial charge is 0.254 e. The Morgan fingerprint density at radius 1 is 1.25 bits per heavy atom. The topological polar surface area (TPSA) is 65.4 Å². The summed E-state index contributed by atoms with van der Waals surface area (Å²) in [6.07, 6.45) is 3.82. The number of ether oxygens (including phenoxy) is 2. The first kappa shape index (κ1) is 15.4. The molecule has 1 saturated carbocycles. The number of nitrogens with one attached hydrogen (secondary N) is 1. The van der Waals surface area contributed by atoms with Crippen molar-refractivity contribution in [3.63, 3.8) is 0 Å². The molecule has 4 rings (SSSR count). The normalized spacial score (nSPS) is 20.8. The number of hydrogen-bond donors (Lipinski definition) is 1. The predicted molar refractivity (Wildman–Crippen MR) is 88.4 cm³/mol. The molecule has 2 aliphatic rings. The van der Waals surface area contributed by atoms with Crippen LogP contribution in [0.1, 0.15) is 34.8 Å². The standard InChI is InChI=1S/C18H21N3O3/c22-18(19-10-15-12-23-8-9-24-15)16-11-20-21(17(16)13-6-7-13)14-4-2-1-3-5-14/h1-5,11,13,15H,6-10,12H2,(H,19,22). The zero-order valence-electron chi connectivity index (χ0n) is 13.5. The highest BCUT2D eigenvalue weighted by atomic mass is 16.6. The fourth-order valence-corrected chi connectivity index (χ4v) is 3.01. The Kier molecular flexibility index (Phi) is 4.32. The van der Waals surface area contributed by atoms with Crippen LogP contribution in [0.4, 0.5) is 0 Å². The summed E-state index contributed by atoms with van der Waals surface area (Å²) >= 11 is 0. The highest BCUT2D eigenvalue weighted by molar-refractivity contribution is 5.95. The number of rotatable bonds is 5. The molecule has 1 aliphatic carbocycles. The van der Waals surface area contributed by atoms with Crippen LogP contribution >= 0.6 is 0 Å². The molecule has 2 fully saturated rings. The van der Waals surface area contributed by atoms with Crippen molar-refractivity contribution in [2.45, 2.75) is 24.9 Å². The molecule has 1 N–H and O–H groups in total. The molecule has 2 aromatic rings. The molecule has 0 bridgehead atoms. The number of nitrogens with zero attached hydrogens (tertiary/aromatic N) is 2. The number of amides is 1. The van der Waals surface area contributed by atoms with Gasteiger partial charge in [-0.05, 0) is 25.0 Å². The van der Waals surface area contributed by atoms with Crippen LogP contribution in [0.3, 0.4) is 0 Å². The van der Waals surface area contributed by atoms with Gasteiger partial charge in [-0.1, -0.05) is 18.2 Å². The van der Waals surface area contributed by atoms with Crippen molar-refractivity contribution in [2.75, 3.05) is 26.4 Å². The molecule has 0 radical (unpaired) electrons. The Morgan fingerprint density at radius 2 is 2.08 bits per heavy atom. The van der Waals surface area contributed by atoms with E-state index >= 15 is 0 Å². The lowest BCUT2D eigenvalue weighted by Gasteiger charge is -2.23. The maximum atomic E-state index is 12.6. The molecule has 2 heterocycles. The highest BCUT2D eigenvalue weighted by Crippen LogP contribution is 2.42. The summed E-state index contributed by atoms with van der Waals surface area (Å²) in [6, 6.07) is 9.95. The third-order valence-electron chi connectivity index (χ3n) is 4.39. The van der Waals surface area contributed by atoms with E-state index in [0.29, 0.717) is 37.8 Å². The van der Waals surface area contributed by atoms with Gasteiger partial charge in [0.2, 0.25) is 0 Å². The van der Waals surface area contributed by atoms with Gasteiger partial charge < -0.3 is 14.8 Å². The second-order valence-corrected chi connectivity index (χ2v) is 6.24. The first-order valence-electron chi connectivity index (χ1n) is 8.44. The van der Waals surface area contributed by atoms with Crippen LogP contribution in [-0.4, -0.2) is 48.2 Å². The summed E-state index contributed by atoms with van der Waals surface area (Å²) in [5, 5.41) is 7.42. The Morgan fingerprint density at radius 3 is 2.79 bits per heavy atom. The van der Waals surface area contributed by atoms with Gasteiger partial charge in [-0.15, -0.1) is 0 Å². The molecular formula is C18H21N3O3. The van der Waals surface area contributed by atoms with E-state index in [-0.39, 0.29) is 12.0 Å². The van der Waals surface area contributed by atoms with E-state index in [2.05, 4.69) is 10.4 Å². The first-order chi connectivity index (χ1) is 11.8. The molecule has 126 valence electrons. The minimum absolute atomic E-state index is 0.0729. The average Bonchev–Trinajstić information content (AvgIpc) is 3.39. The maximum Gasteiger partial charge on any atom is 0.254 e. The minimum Gasteiger partial charge on any atom is -0.376 e. The zero-order valence-corrected chi connectivity index (χ0v) is 13.5. The molecule has 24 heavy (non-hydrogen) atoms. The zero-order chi connectivity index (χ0) is 16.4. The Bertz CT molecular complexity index is 704. The van der Waals surface area contributed by atoms with Crippen molar-refractivity contribution in [3.05, 3.63) is 47.8 Å². The summed E-state index contributed by atoms with van der Waals surface area (Å²) in [6.45, 7) is 2.19. The van der Waals surface area contributed by atoms with Gasteiger partial charge in [-0.25, -0.2) is 4.68 Å². The van der Waals surface area contributed by atoms with Gasteiger partial charge >= 0.3 is 0 Å². The Hall–Kier alpha value is -2.18. The number of benzene rings is 1. The lowest BCUT2D eigenvalue weighted by atomic mass is 10.1. The number of carbonyl (C=O) groups excluding carboxylic acids is 1. The molecule has 1 aromatic carbocycles. The molecule has 6 nitrogen and oxygen atoms in total. The third-order valence-corrected chi connectivity index (χ3v) is 4.39. The van der Waals surface area contributed by atoms with Crippen LogP contribution in [0.25, 0.3) is 5.69 Å². The monoisotopic (exact) mass is 327 g/mol. The van der Waals surface area contributed by atoms with Gasteiger partial charge in [-0.3, -0.25) is 4.79 Å². The minimum atomic E-state index is -0.0896.